The fourth-order valence-corrected chi connectivity index (χ4v) is 1.45. The Hall–Kier alpha value is -1.42. The highest BCUT2D eigenvalue weighted by Gasteiger charge is 2.20. The van der Waals surface area contributed by atoms with Crippen LogP contribution in [0, 0.1) is 17.7 Å². The van der Waals surface area contributed by atoms with Crippen molar-refractivity contribution in [1.29, 1.82) is 0 Å². The summed E-state index contributed by atoms with van der Waals surface area (Å²) < 4.78 is 12.6. The van der Waals surface area contributed by atoms with E-state index in [1.807, 2.05) is 13.8 Å². The summed E-state index contributed by atoms with van der Waals surface area (Å²) in [6.45, 7) is 4.20. The molecule has 0 saturated carbocycles. The zero-order chi connectivity index (χ0) is 12.1. The maximum atomic E-state index is 12.6. The highest BCUT2D eigenvalue weighted by Crippen LogP contribution is 2.14. The summed E-state index contributed by atoms with van der Waals surface area (Å²) in [7, 11) is 0. The van der Waals surface area contributed by atoms with Crippen LogP contribution in [0.1, 0.15) is 13.8 Å². The van der Waals surface area contributed by atoms with Gasteiger partial charge in [-0.25, -0.2) is 4.39 Å². The van der Waals surface area contributed by atoms with E-state index in [4.69, 9.17) is 5.73 Å². The van der Waals surface area contributed by atoms with Crippen molar-refractivity contribution in [1.82, 2.24) is 0 Å². The molecular weight excluding hydrogens is 207 g/mol. The summed E-state index contributed by atoms with van der Waals surface area (Å²) in [4.78, 5) is 11.8. The molecule has 1 amide bonds. The number of carbonyl (C=O) groups is 1. The molecule has 1 aromatic rings. The van der Waals surface area contributed by atoms with E-state index in [-0.39, 0.29) is 23.6 Å². The minimum absolute atomic E-state index is 0.121. The lowest BCUT2D eigenvalue weighted by Gasteiger charge is -2.18. The van der Waals surface area contributed by atoms with Crippen molar-refractivity contribution in [2.45, 2.75) is 13.8 Å². The molecule has 4 heteroatoms. The fraction of sp³-hybridized carbons (Fsp3) is 0.417. The number of halogens is 1. The van der Waals surface area contributed by atoms with Crippen LogP contribution in [0.4, 0.5) is 10.1 Å². The Kier molecular flexibility index (Phi) is 4.43. The predicted molar refractivity (Wildman–Crippen MR) is 62.4 cm³/mol. The van der Waals surface area contributed by atoms with Crippen LogP contribution in [-0.4, -0.2) is 12.5 Å². The Morgan fingerprint density at radius 1 is 1.38 bits per heavy atom. The smallest absolute Gasteiger partial charge is 0.229 e. The zero-order valence-corrected chi connectivity index (χ0v) is 9.53. The third-order valence-corrected chi connectivity index (χ3v) is 2.51. The first-order valence-electron chi connectivity index (χ1n) is 5.31. The Morgan fingerprint density at radius 2 is 1.94 bits per heavy atom. The van der Waals surface area contributed by atoms with E-state index in [0.717, 1.165) is 0 Å². The van der Waals surface area contributed by atoms with Crippen molar-refractivity contribution >= 4 is 11.6 Å². The molecule has 1 unspecified atom stereocenters. The van der Waals surface area contributed by atoms with Gasteiger partial charge in [0.2, 0.25) is 5.91 Å². The third-order valence-electron chi connectivity index (χ3n) is 2.51. The number of amides is 1. The molecule has 16 heavy (non-hydrogen) atoms. The summed E-state index contributed by atoms with van der Waals surface area (Å²) in [5.74, 6) is -0.475. The molecule has 0 spiro atoms. The van der Waals surface area contributed by atoms with Gasteiger partial charge in [-0.3, -0.25) is 4.79 Å². The van der Waals surface area contributed by atoms with E-state index in [2.05, 4.69) is 5.32 Å². The minimum Gasteiger partial charge on any atom is -0.330 e. The van der Waals surface area contributed by atoms with E-state index in [9.17, 15) is 9.18 Å². The monoisotopic (exact) mass is 224 g/mol. The van der Waals surface area contributed by atoms with Gasteiger partial charge in [0.1, 0.15) is 5.82 Å². The summed E-state index contributed by atoms with van der Waals surface area (Å²) in [6, 6.07) is 5.67. The molecule has 0 aliphatic carbocycles. The second-order valence-electron chi connectivity index (χ2n) is 4.08. The number of hydrogen-bond donors (Lipinski definition) is 2. The molecule has 1 rings (SSSR count). The highest BCUT2D eigenvalue weighted by molar-refractivity contribution is 5.92. The van der Waals surface area contributed by atoms with Crippen molar-refractivity contribution in [3.63, 3.8) is 0 Å². The Bertz CT molecular complexity index is 349. The molecule has 0 fully saturated rings. The maximum Gasteiger partial charge on any atom is 0.229 e. The first-order chi connectivity index (χ1) is 7.54. The van der Waals surface area contributed by atoms with Crippen LogP contribution in [0.5, 0.6) is 0 Å². The Balaban J connectivity index is 2.66. The standard InChI is InChI=1S/C12H17FN2O/c1-8(2)11(7-14)12(16)15-10-5-3-9(13)4-6-10/h3-6,8,11H,7,14H2,1-2H3,(H,15,16). The van der Waals surface area contributed by atoms with E-state index in [1.165, 1.54) is 24.3 Å². The van der Waals surface area contributed by atoms with Crippen LogP contribution in [0.15, 0.2) is 24.3 Å². The quantitative estimate of drug-likeness (QED) is 0.821. The summed E-state index contributed by atoms with van der Waals surface area (Å²) >= 11 is 0. The van der Waals surface area contributed by atoms with Gasteiger partial charge in [0.25, 0.3) is 0 Å². The number of anilines is 1. The first-order valence-corrected chi connectivity index (χ1v) is 5.31. The molecule has 0 heterocycles. The summed E-state index contributed by atoms with van der Waals surface area (Å²) in [6.07, 6.45) is 0. The molecule has 0 aromatic heterocycles. The average molecular weight is 224 g/mol. The van der Waals surface area contributed by atoms with Crippen molar-refractivity contribution in [3.05, 3.63) is 30.1 Å². The third kappa shape index (κ3) is 3.31. The van der Waals surface area contributed by atoms with Crippen molar-refractivity contribution in [2.75, 3.05) is 11.9 Å². The number of nitrogens with two attached hydrogens (primary N) is 1. The van der Waals surface area contributed by atoms with Gasteiger partial charge in [0.15, 0.2) is 0 Å². The maximum absolute atomic E-state index is 12.6. The van der Waals surface area contributed by atoms with E-state index in [1.54, 1.807) is 0 Å². The topological polar surface area (TPSA) is 55.1 Å². The van der Waals surface area contributed by atoms with E-state index >= 15 is 0 Å². The van der Waals surface area contributed by atoms with Gasteiger partial charge in [0, 0.05) is 12.2 Å². The summed E-state index contributed by atoms with van der Waals surface area (Å²) in [5.41, 5.74) is 6.12. The Labute approximate surface area is 94.8 Å². The molecular formula is C12H17FN2O. The van der Waals surface area contributed by atoms with E-state index < -0.39 is 0 Å². The molecule has 0 bridgehead atoms. The Morgan fingerprint density at radius 3 is 2.38 bits per heavy atom. The molecule has 0 aliphatic heterocycles. The number of hydrogen-bond acceptors (Lipinski definition) is 2. The van der Waals surface area contributed by atoms with Gasteiger partial charge in [-0.1, -0.05) is 13.8 Å². The van der Waals surface area contributed by atoms with Crippen LogP contribution >= 0.6 is 0 Å². The molecule has 0 radical (unpaired) electrons. The average Bonchev–Trinajstić information content (AvgIpc) is 2.22. The lowest BCUT2D eigenvalue weighted by molar-refractivity contribution is -0.120. The van der Waals surface area contributed by atoms with Crippen LogP contribution in [0.3, 0.4) is 0 Å². The van der Waals surface area contributed by atoms with Crippen LogP contribution in [0.2, 0.25) is 0 Å². The van der Waals surface area contributed by atoms with Gasteiger partial charge >= 0.3 is 0 Å². The normalized spacial score (nSPS) is 12.6. The molecule has 0 aliphatic rings. The fourth-order valence-electron chi connectivity index (χ4n) is 1.45. The van der Waals surface area contributed by atoms with Gasteiger partial charge in [-0.15, -0.1) is 0 Å². The van der Waals surface area contributed by atoms with Crippen LogP contribution < -0.4 is 11.1 Å². The van der Waals surface area contributed by atoms with Crippen LogP contribution in [0.25, 0.3) is 0 Å². The lowest BCUT2D eigenvalue weighted by Crippen LogP contribution is -2.33. The molecule has 3 nitrogen and oxygen atoms in total. The molecule has 1 aromatic carbocycles. The first kappa shape index (κ1) is 12.6. The second kappa shape index (κ2) is 5.61. The van der Waals surface area contributed by atoms with Gasteiger partial charge in [0.05, 0.1) is 5.92 Å². The van der Waals surface area contributed by atoms with Crippen molar-refractivity contribution < 1.29 is 9.18 Å². The largest absolute Gasteiger partial charge is 0.330 e. The number of benzene rings is 1. The van der Waals surface area contributed by atoms with Crippen molar-refractivity contribution in [2.24, 2.45) is 17.6 Å². The number of carbonyl (C=O) groups excluding carboxylic acids is 1. The zero-order valence-electron chi connectivity index (χ0n) is 9.53. The predicted octanol–water partition coefficient (Wildman–Crippen LogP) is 2.00. The lowest BCUT2D eigenvalue weighted by atomic mass is 9.95. The van der Waals surface area contributed by atoms with Gasteiger partial charge in [-0.05, 0) is 30.2 Å². The molecule has 0 saturated heterocycles. The van der Waals surface area contributed by atoms with Gasteiger partial charge in [-0.2, -0.15) is 0 Å². The van der Waals surface area contributed by atoms with Crippen LogP contribution in [-0.2, 0) is 4.79 Å². The number of rotatable bonds is 4. The molecule has 1 atom stereocenters. The number of nitrogens with one attached hydrogen (secondary N) is 1. The molecule has 3 N–H and O–H groups in total. The van der Waals surface area contributed by atoms with Gasteiger partial charge < -0.3 is 11.1 Å². The SMILES string of the molecule is CC(C)C(CN)C(=O)Nc1ccc(F)cc1. The molecule has 88 valence electrons. The summed E-state index contributed by atoms with van der Waals surface area (Å²) in [5, 5.41) is 2.72. The second-order valence-corrected chi connectivity index (χ2v) is 4.08. The highest BCUT2D eigenvalue weighted by atomic mass is 19.1. The van der Waals surface area contributed by atoms with E-state index in [0.29, 0.717) is 12.2 Å². The van der Waals surface area contributed by atoms with Crippen molar-refractivity contribution in [3.8, 4) is 0 Å². The minimum atomic E-state index is -0.322.